The molecular formula is C20H30N2O3. The molecule has 1 heterocycles. The highest BCUT2D eigenvalue weighted by molar-refractivity contribution is 5.78. The third-order valence-corrected chi connectivity index (χ3v) is 4.50. The lowest BCUT2D eigenvalue weighted by Crippen LogP contribution is -2.47. The van der Waals surface area contributed by atoms with Crippen molar-refractivity contribution in [3.63, 3.8) is 0 Å². The van der Waals surface area contributed by atoms with E-state index in [0.717, 1.165) is 32.4 Å². The van der Waals surface area contributed by atoms with Crippen LogP contribution in [0.4, 0.5) is 0 Å². The van der Waals surface area contributed by atoms with Gasteiger partial charge in [0.05, 0.1) is 0 Å². The average Bonchev–Trinajstić information content (AvgIpc) is 2.60. The third-order valence-electron chi connectivity index (χ3n) is 4.50. The Balaban J connectivity index is 1.68. The SMILES string of the molecule is CCc1ccc(OCC(=O)NC2CCN(C(=O)CC(C)C)CC2)cc1. The number of carbonyl (C=O) groups is 2. The van der Waals surface area contributed by atoms with Gasteiger partial charge in [0, 0.05) is 25.6 Å². The van der Waals surface area contributed by atoms with Crippen LogP contribution < -0.4 is 10.1 Å². The number of ether oxygens (including phenoxy) is 1. The highest BCUT2D eigenvalue weighted by atomic mass is 16.5. The van der Waals surface area contributed by atoms with Crippen molar-refractivity contribution < 1.29 is 14.3 Å². The highest BCUT2D eigenvalue weighted by Crippen LogP contribution is 2.14. The maximum absolute atomic E-state index is 12.1. The molecule has 0 aliphatic carbocycles. The number of aryl methyl sites for hydroxylation is 1. The molecule has 0 saturated carbocycles. The fourth-order valence-electron chi connectivity index (χ4n) is 2.99. The van der Waals surface area contributed by atoms with Crippen LogP contribution in [0, 0.1) is 5.92 Å². The van der Waals surface area contributed by atoms with Gasteiger partial charge in [-0.2, -0.15) is 0 Å². The van der Waals surface area contributed by atoms with E-state index in [1.54, 1.807) is 0 Å². The smallest absolute Gasteiger partial charge is 0.258 e. The van der Waals surface area contributed by atoms with Crippen LogP contribution in [-0.2, 0) is 16.0 Å². The molecule has 0 bridgehead atoms. The first-order valence-electron chi connectivity index (χ1n) is 9.26. The minimum absolute atomic E-state index is 0.0258. The predicted molar refractivity (Wildman–Crippen MR) is 98.5 cm³/mol. The number of nitrogens with one attached hydrogen (secondary N) is 1. The maximum atomic E-state index is 12.1. The lowest BCUT2D eigenvalue weighted by molar-refractivity contribution is -0.133. The van der Waals surface area contributed by atoms with Gasteiger partial charge in [-0.3, -0.25) is 9.59 Å². The average molecular weight is 346 g/mol. The van der Waals surface area contributed by atoms with Crippen molar-refractivity contribution >= 4 is 11.8 Å². The van der Waals surface area contributed by atoms with Crippen LogP contribution in [0.15, 0.2) is 24.3 Å². The molecule has 1 fully saturated rings. The summed E-state index contributed by atoms with van der Waals surface area (Å²) in [6.07, 6.45) is 3.20. The molecule has 2 rings (SSSR count). The molecule has 5 heteroatoms. The third kappa shape index (κ3) is 6.40. The van der Waals surface area contributed by atoms with Crippen molar-refractivity contribution in [2.75, 3.05) is 19.7 Å². The largest absolute Gasteiger partial charge is 0.484 e. The van der Waals surface area contributed by atoms with E-state index in [0.29, 0.717) is 18.1 Å². The molecule has 0 atom stereocenters. The molecule has 1 aliphatic heterocycles. The number of hydrogen-bond acceptors (Lipinski definition) is 3. The number of amides is 2. The Morgan fingerprint density at radius 1 is 1.20 bits per heavy atom. The highest BCUT2D eigenvalue weighted by Gasteiger charge is 2.24. The second-order valence-electron chi connectivity index (χ2n) is 7.11. The fraction of sp³-hybridized carbons (Fsp3) is 0.600. The van der Waals surface area contributed by atoms with Crippen LogP contribution in [0.2, 0.25) is 0 Å². The Labute approximate surface area is 150 Å². The second kappa shape index (κ2) is 9.44. The van der Waals surface area contributed by atoms with Crippen molar-refractivity contribution in [1.29, 1.82) is 0 Å². The van der Waals surface area contributed by atoms with Gasteiger partial charge >= 0.3 is 0 Å². The zero-order valence-corrected chi connectivity index (χ0v) is 15.6. The Morgan fingerprint density at radius 2 is 1.84 bits per heavy atom. The van der Waals surface area contributed by atoms with E-state index in [1.165, 1.54) is 5.56 Å². The summed E-state index contributed by atoms with van der Waals surface area (Å²) in [5, 5.41) is 3.01. The summed E-state index contributed by atoms with van der Waals surface area (Å²) < 4.78 is 5.54. The van der Waals surface area contributed by atoms with Gasteiger partial charge in [0.2, 0.25) is 5.91 Å². The fourth-order valence-corrected chi connectivity index (χ4v) is 2.99. The van der Waals surface area contributed by atoms with Gasteiger partial charge in [-0.15, -0.1) is 0 Å². The van der Waals surface area contributed by atoms with Crippen LogP contribution >= 0.6 is 0 Å². The molecular weight excluding hydrogens is 316 g/mol. The van der Waals surface area contributed by atoms with E-state index in [4.69, 9.17) is 4.74 Å². The number of hydrogen-bond donors (Lipinski definition) is 1. The molecule has 1 aliphatic rings. The molecule has 0 aromatic heterocycles. The molecule has 138 valence electrons. The Kier molecular flexibility index (Phi) is 7.29. The molecule has 1 saturated heterocycles. The van der Waals surface area contributed by atoms with E-state index in [2.05, 4.69) is 26.1 Å². The molecule has 0 spiro atoms. The van der Waals surface area contributed by atoms with Crippen molar-refractivity contribution in [3.8, 4) is 5.75 Å². The van der Waals surface area contributed by atoms with Crippen LogP contribution in [0.5, 0.6) is 5.75 Å². The summed E-state index contributed by atoms with van der Waals surface area (Å²) in [6, 6.07) is 7.94. The molecule has 0 radical (unpaired) electrons. The van der Waals surface area contributed by atoms with Gasteiger partial charge in [0.25, 0.3) is 5.91 Å². The minimum atomic E-state index is -0.105. The number of likely N-dealkylation sites (tertiary alicyclic amines) is 1. The number of piperidine rings is 1. The zero-order chi connectivity index (χ0) is 18.2. The number of rotatable bonds is 7. The van der Waals surface area contributed by atoms with Crippen LogP contribution in [0.25, 0.3) is 0 Å². The summed E-state index contributed by atoms with van der Waals surface area (Å²) in [6.45, 7) is 7.68. The van der Waals surface area contributed by atoms with Crippen molar-refractivity contribution in [3.05, 3.63) is 29.8 Å². The van der Waals surface area contributed by atoms with Crippen molar-refractivity contribution in [1.82, 2.24) is 10.2 Å². The predicted octanol–water partition coefficient (Wildman–Crippen LogP) is 2.78. The molecule has 25 heavy (non-hydrogen) atoms. The lowest BCUT2D eigenvalue weighted by atomic mass is 10.0. The first-order valence-corrected chi connectivity index (χ1v) is 9.26. The zero-order valence-electron chi connectivity index (χ0n) is 15.6. The summed E-state index contributed by atoms with van der Waals surface area (Å²) in [7, 11) is 0. The van der Waals surface area contributed by atoms with Crippen molar-refractivity contribution in [2.24, 2.45) is 5.92 Å². The first-order chi connectivity index (χ1) is 12.0. The second-order valence-corrected chi connectivity index (χ2v) is 7.11. The van der Waals surface area contributed by atoms with Gasteiger partial charge in [0.1, 0.15) is 5.75 Å². The molecule has 1 aromatic carbocycles. The molecule has 2 amide bonds. The van der Waals surface area contributed by atoms with Gasteiger partial charge in [-0.25, -0.2) is 0 Å². The standard InChI is InChI=1S/C20H30N2O3/c1-4-16-5-7-18(8-6-16)25-14-19(23)21-17-9-11-22(12-10-17)20(24)13-15(2)3/h5-8,15,17H,4,9-14H2,1-3H3,(H,21,23). The van der Waals surface area contributed by atoms with Crippen molar-refractivity contribution in [2.45, 2.75) is 52.5 Å². The van der Waals surface area contributed by atoms with Gasteiger partial charge in [-0.1, -0.05) is 32.9 Å². The van der Waals surface area contributed by atoms with Crippen LogP contribution in [0.1, 0.15) is 45.6 Å². The van der Waals surface area contributed by atoms with E-state index in [9.17, 15) is 9.59 Å². The molecule has 1 N–H and O–H groups in total. The summed E-state index contributed by atoms with van der Waals surface area (Å²) >= 11 is 0. The van der Waals surface area contributed by atoms with Crippen LogP contribution in [0.3, 0.4) is 0 Å². The maximum Gasteiger partial charge on any atom is 0.258 e. The topological polar surface area (TPSA) is 58.6 Å². The first kappa shape index (κ1) is 19.3. The molecule has 0 unspecified atom stereocenters. The van der Waals surface area contributed by atoms with E-state index < -0.39 is 0 Å². The van der Waals surface area contributed by atoms with Crippen LogP contribution in [-0.4, -0.2) is 42.5 Å². The Morgan fingerprint density at radius 3 is 2.40 bits per heavy atom. The van der Waals surface area contributed by atoms with Gasteiger partial charge in [-0.05, 0) is 42.9 Å². The molecule has 1 aromatic rings. The van der Waals surface area contributed by atoms with E-state index in [1.807, 2.05) is 29.2 Å². The van der Waals surface area contributed by atoms with E-state index >= 15 is 0 Å². The minimum Gasteiger partial charge on any atom is -0.484 e. The Bertz CT molecular complexity index is 561. The van der Waals surface area contributed by atoms with Gasteiger partial charge in [0.15, 0.2) is 6.61 Å². The number of nitrogens with zero attached hydrogens (tertiary/aromatic N) is 1. The van der Waals surface area contributed by atoms with Gasteiger partial charge < -0.3 is 15.0 Å². The quantitative estimate of drug-likeness (QED) is 0.826. The summed E-state index contributed by atoms with van der Waals surface area (Å²) in [5.41, 5.74) is 1.25. The normalized spacial score (nSPS) is 15.3. The number of benzene rings is 1. The summed E-state index contributed by atoms with van der Waals surface area (Å²) in [5.74, 6) is 1.21. The summed E-state index contributed by atoms with van der Waals surface area (Å²) in [4.78, 5) is 26.0. The Hall–Kier alpha value is -2.04. The van der Waals surface area contributed by atoms with E-state index in [-0.39, 0.29) is 24.5 Å². The monoisotopic (exact) mass is 346 g/mol. The lowest BCUT2D eigenvalue weighted by Gasteiger charge is -2.32. The molecule has 5 nitrogen and oxygen atoms in total. The number of carbonyl (C=O) groups excluding carboxylic acids is 2.